The quantitative estimate of drug-likeness (QED) is 0.737. The number of hydrogen-bond donors (Lipinski definition) is 0. The summed E-state index contributed by atoms with van der Waals surface area (Å²) in [7, 11) is 0. The van der Waals surface area contributed by atoms with Crippen LogP contribution in [0, 0.1) is 0 Å². The molecule has 0 bridgehead atoms. The largest absolute Gasteiger partial charge is 0.494 e. The Kier molecular flexibility index (Phi) is 5.43. The molecule has 27 heavy (non-hydrogen) atoms. The molecular weight excluding hydrogens is 362 g/mol. The Labute approximate surface area is 163 Å². The molecule has 5 nitrogen and oxygen atoms in total. The van der Waals surface area contributed by atoms with E-state index in [9.17, 15) is 4.79 Å². The molecule has 0 N–H and O–H groups in total. The average molecular weight is 385 g/mol. The summed E-state index contributed by atoms with van der Waals surface area (Å²) in [6.45, 7) is 5.19. The Morgan fingerprint density at radius 2 is 1.96 bits per heavy atom. The third kappa shape index (κ3) is 4.16. The van der Waals surface area contributed by atoms with Crippen LogP contribution in [-0.2, 0) is 17.8 Å². The van der Waals surface area contributed by atoms with Crippen LogP contribution in [-0.4, -0.2) is 42.9 Å². The molecule has 0 unspecified atom stereocenters. The maximum absolute atomic E-state index is 12.7. The Morgan fingerprint density at radius 1 is 1.11 bits per heavy atom. The predicted octanol–water partition coefficient (Wildman–Crippen LogP) is 3.53. The molecule has 0 saturated carbocycles. The molecule has 4 rings (SSSR count). The second-order valence-electron chi connectivity index (χ2n) is 6.52. The molecule has 2 aromatic rings. The summed E-state index contributed by atoms with van der Waals surface area (Å²) >= 11 is 1.54. The lowest BCUT2D eigenvalue weighted by Gasteiger charge is -2.29. The molecule has 0 fully saturated rings. The summed E-state index contributed by atoms with van der Waals surface area (Å²) in [6, 6.07) is 12.0. The van der Waals surface area contributed by atoms with E-state index < -0.39 is 0 Å². The van der Waals surface area contributed by atoms with Gasteiger partial charge in [-0.1, -0.05) is 6.07 Å². The standard InChI is InChI=1S/C21H23NO4S/c1-2-24-17-4-3-15-7-8-22(13-16(15)11-17)21(23)14-27-18-5-6-19-20(12-18)26-10-9-25-19/h3-6,11-12H,2,7-10,13-14H2,1H3. The van der Waals surface area contributed by atoms with Crippen molar-refractivity contribution in [2.45, 2.75) is 24.8 Å². The fraction of sp³-hybridized carbons (Fsp3) is 0.381. The van der Waals surface area contributed by atoms with Gasteiger partial charge in [0, 0.05) is 18.0 Å². The van der Waals surface area contributed by atoms with Crippen molar-refractivity contribution in [2.24, 2.45) is 0 Å². The van der Waals surface area contributed by atoms with Crippen molar-refractivity contribution in [1.29, 1.82) is 0 Å². The molecule has 142 valence electrons. The van der Waals surface area contributed by atoms with E-state index in [1.807, 2.05) is 36.1 Å². The molecule has 0 radical (unpaired) electrons. The van der Waals surface area contributed by atoms with Crippen LogP contribution in [0.5, 0.6) is 17.2 Å². The van der Waals surface area contributed by atoms with Gasteiger partial charge in [0.1, 0.15) is 19.0 Å². The first-order chi connectivity index (χ1) is 13.2. The van der Waals surface area contributed by atoms with Gasteiger partial charge >= 0.3 is 0 Å². The summed E-state index contributed by atoms with van der Waals surface area (Å²) in [5.41, 5.74) is 2.49. The van der Waals surface area contributed by atoms with Crippen LogP contribution in [0.15, 0.2) is 41.3 Å². The number of amides is 1. The second kappa shape index (κ2) is 8.13. The number of benzene rings is 2. The molecular formula is C21H23NO4S. The number of fused-ring (bicyclic) bond motifs is 2. The first-order valence-corrected chi connectivity index (χ1v) is 10.3. The van der Waals surface area contributed by atoms with Crippen LogP contribution in [0.4, 0.5) is 0 Å². The van der Waals surface area contributed by atoms with Gasteiger partial charge in [-0.3, -0.25) is 4.79 Å². The van der Waals surface area contributed by atoms with Crippen molar-refractivity contribution in [3.05, 3.63) is 47.5 Å². The molecule has 2 aliphatic heterocycles. The van der Waals surface area contributed by atoms with Crippen LogP contribution in [0.1, 0.15) is 18.1 Å². The van der Waals surface area contributed by atoms with Crippen LogP contribution >= 0.6 is 11.8 Å². The first kappa shape index (κ1) is 18.0. The second-order valence-corrected chi connectivity index (χ2v) is 7.57. The monoisotopic (exact) mass is 385 g/mol. The lowest BCUT2D eigenvalue weighted by Crippen LogP contribution is -2.37. The summed E-state index contributed by atoms with van der Waals surface area (Å²) < 4.78 is 16.7. The van der Waals surface area contributed by atoms with E-state index in [-0.39, 0.29) is 5.91 Å². The zero-order valence-electron chi connectivity index (χ0n) is 15.4. The number of carbonyl (C=O) groups is 1. The summed E-state index contributed by atoms with van der Waals surface area (Å²) in [4.78, 5) is 15.6. The zero-order valence-corrected chi connectivity index (χ0v) is 16.2. The number of carbonyl (C=O) groups excluding carboxylic acids is 1. The zero-order chi connectivity index (χ0) is 18.6. The van der Waals surface area contributed by atoms with E-state index >= 15 is 0 Å². The predicted molar refractivity (Wildman–Crippen MR) is 105 cm³/mol. The number of nitrogens with zero attached hydrogens (tertiary/aromatic N) is 1. The average Bonchev–Trinajstić information content (AvgIpc) is 2.71. The highest BCUT2D eigenvalue weighted by atomic mass is 32.2. The molecule has 0 aliphatic carbocycles. The molecule has 6 heteroatoms. The summed E-state index contributed by atoms with van der Waals surface area (Å²) in [6.07, 6.45) is 0.891. The molecule has 1 amide bonds. The minimum absolute atomic E-state index is 0.155. The van der Waals surface area contributed by atoms with Crippen LogP contribution in [0.2, 0.25) is 0 Å². The van der Waals surface area contributed by atoms with Gasteiger partial charge in [0.2, 0.25) is 5.91 Å². The van der Waals surface area contributed by atoms with Crippen molar-refractivity contribution < 1.29 is 19.0 Å². The highest BCUT2D eigenvalue weighted by molar-refractivity contribution is 8.00. The van der Waals surface area contributed by atoms with Gasteiger partial charge < -0.3 is 19.1 Å². The highest BCUT2D eigenvalue weighted by Gasteiger charge is 2.21. The number of thioether (sulfide) groups is 1. The van der Waals surface area contributed by atoms with Crippen molar-refractivity contribution in [3.8, 4) is 17.2 Å². The van der Waals surface area contributed by atoms with E-state index in [0.29, 0.717) is 32.1 Å². The number of hydrogen-bond acceptors (Lipinski definition) is 5. The third-order valence-corrected chi connectivity index (χ3v) is 5.71. The molecule has 0 aromatic heterocycles. The van der Waals surface area contributed by atoms with Crippen LogP contribution < -0.4 is 14.2 Å². The van der Waals surface area contributed by atoms with Crippen molar-refractivity contribution in [2.75, 3.05) is 32.1 Å². The maximum Gasteiger partial charge on any atom is 0.233 e. The Balaban J connectivity index is 1.37. The Morgan fingerprint density at radius 3 is 2.81 bits per heavy atom. The van der Waals surface area contributed by atoms with Crippen LogP contribution in [0.25, 0.3) is 0 Å². The van der Waals surface area contributed by atoms with Gasteiger partial charge in [-0.2, -0.15) is 0 Å². The minimum atomic E-state index is 0.155. The smallest absolute Gasteiger partial charge is 0.233 e. The first-order valence-electron chi connectivity index (χ1n) is 9.28. The fourth-order valence-corrected chi connectivity index (χ4v) is 4.18. The van der Waals surface area contributed by atoms with E-state index in [1.54, 1.807) is 0 Å². The highest BCUT2D eigenvalue weighted by Crippen LogP contribution is 2.34. The molecule has 2 aromatic carbocycles. The lowest BCUT2D eigenvalue weighted by molar-refractivity contribution is -0.129. The van der Waals surface area contributed by atoms with Gasteiger partial charge in [0.15, 0.2) is 11.5 Å². The van der Waals surface area contributed by atoms with E-state index in [4.69, 9.17) is 14.2 Å². The van der Waals surface area contributed by atoms with Gasteiger partial charge in [0.05, 0.1) is 12.4 Å². The van der Waals surface area contributed by atoms with E-state index in [1.165, 1.54) is 22.9 Å². The lowest BCUT2D eigenvalue weighted by atomic mass is 9.99. The van der Waals surface area contributed by atoms with Crippen LogP contribution in [0.3, 0.4) is 0 Å². The number of rotatable bonds is 5. The molecule has 0 spiro atoms. The molecule has 0 saturated heterocycles. The summed E-state index contributed by atoms with van der Waals surface area (Å²) in [5.74, 6) is 2.97. The fourth-order valence-electron chi connectivity index (χ4n) is 3.35. The molecule has 2 heterocycles. The Hall–Kier alpha value is -2.34. The van der Waals surface area contributed by atoms with E-state index in [0.717, 1.165) is 35.1 Å². The van der Waals surface area contributed by atoms with Gasteiger partial charge in [-0.05, 0) is 54.8 Å². The van der Waals surface area contributed by atoms with Gasteiger partial charge in [-0.25, -0.2) is 0 Å². The third-order valence-electron chi connectivity index (χ3n) is 4.73. The van der Waals surface area contributed by atoms with Crippen molar-refractivity contribution in [1.82, 2.24) is 4.90 Å². The number of ether oxygens (including phenoxy) is 3. The van der Waals surface area contributed by atoms with Gasteiger partial charge in [-0.15, -0.1) is 11.8 Å². The van der Waals surface area contributed by atoms with Crippen molar-refractivity contribution >= 4 is 17.7 Å². The molecule has 0 atom stereocenters. The summed E-state index contributed by atoms with van der Waals surface area (Å²) in [5, 5.41) is 0. The normalized spacial score (nSPS) is 15.2. The topological polar surface area (TPSA) is 48.0 Å². The van der Waals surface area contributed by atoms with Gasteiger partial charge in [0.25, 0.3) is 0 Å². The SMILES string of the molecule is CCOc1ccc2c(c1)CN(C(=O)CSc1ccc3c(c1)OCCO3)CC2. The molecule has 2 aliphatic rings. The van der Waals surface area contributed by atoms with E-state index in [2.05, 4.69) is 12.1 Å². The maximum atomic E-state index is 12.7. The van der Waals surface area contributed by atoms with Crippen molar-refractivity contribution in [3.63, 3.8) is 0 Å². The Bertz CT molecular complexity index is 839. The minimum Gasteiger partial charge on any atom is -0.494 e.